The average molecular weight is 471 g/mol. The van der Waals surface area contributed by atoms with Crippen LogP contribution in [0.5, 0.6) is 5.75 Å². The van der Waals surface area contributed by atoms with Crippen molar-refractivity contribution >= 4 is 63.0 Å². The maximum atomic E-state index is 12.8. The Bertz CT molecular complexity index is 1110. The lowest BCUT2D eigenvalue weighted by Crippen LogP contribution is -2.14. The maximum absolute atomic E-state index is 12.8. The van der Waals surface area contributed by atoms with Gasteiger partial charge in [-0.1, -0.05) is 64.6 Å². The van der Waals surface area contributed by atoms with Gasteiger partial charge >= 0.3 is 5.97 Å². The van der Waals surface area contributed by atoms with E-state index >= 15 is 0 Å². The number of hydrogen-bond acceptors (Lipinski definition) is 4. The number of methoxy groups -OCH3 is 1. The van der Waals surface area contributed by atoms with Gasteiger partial charge in [0.2, 0.25) is 0 Å². The van der Waals surface area contributed by atoms with E-state index in [0.717, 1.165) is 22.5 Å². The lowest BCUT2D eigenvalue weighted by molar-refractivity contribution is 0.0699. The maximum Gasteiger partial charge on any atom is 0.339 e. The van der Waals surface area contributed by atoms with Crippen LogP contribution < -0.4 is 10.1 Å². The Labute approximate surface area is 185 Å². The van der Waals surface area contributed by atoms with E-state index in [1.165, 1.54) is 13.2 Å². The molecule has 9 heteroatoms. The van der Waals surface area contributed by atoms with Crippen LogP contribution in [0.25, 0.3) is 11.1 Å². The van der Waals surface area contributed by atoms with Gasteiger partial charge in [-0.15, -0.1) is 11.3 Å². The summed E-state index contributed by atoms with van der Waals surface area (Å²) >= 11 is 19.4. The summed E-state index contributed by atoms with van der Waals surface area (Å²) in [4.78, 5) is 24.7. The zero-order valence-corrected chi connectivity index (χ0v) is 18.3. The van der Waals surface area contributed by atoms with Crippen LogP contribution >= 0.6 is 46.1 Å². The van der Waals surface area contributed by atoms with Crippen molar-refractivity contribution in [2.24, 2.45) is 0 Å². The van der Waals surface area contributed by atoms with Gasteiger partial charge in [0.1, 0.15) is 15.6 Å². The molecule has 1 heterocycles. The van der Waals surface area contributed by atoms with Gasteiger partial charge in [0.15, 0.2) is 5.75 Å². The number of ether oxygens (including phenoxy) is 1. The third kappa shape index (κ3) is 4.21. The van der Waals surface area contributed by atoms with Crippen molar-refractivity contribution in [2.75, 3.05) is 12.4 Å². The fourth-order valence-electron chi connectivity index (χ4n) is 2.70. The largest absolute Gasteiger partial charge is 0.494 e. The highest BCUT2D eigenvalue weighted by molar-refractivity contribution is 7.15. The fourth-order valence-corrected chi connectivity index (χ4v) is 4.44. The molecule has 0 bridgehead atoms. The van der Waals surface area contributed by atoms with Crippen molar-refractivity contribution < 1.29 is 19.4 Å². The molecule has 1 amide bonds. The Morgan fingerprint density at radius 1 is 1.10 bits per heavy atom. The number of carboxylic acid groups (broad SMARTS) is 1. The number of rotatable bonds is 5. The SMILES string of the molecule is COc1c(Cl)c(Cl)cc(C(=O)Nc2scc(-c3ccc(C)cc3)c2C(=O)O)c1Cl. The second-order valence-electron chi connectivity index (χ2n) is 6.05. The number of carbonyl (C=O) groups excluding carboxylic acids is 1. The fraction of sp³-hybridized carbons (Fsp3) is 0.100. The van der Waals surface area contributed by atoms with Crippen molar-refractivity contribution in [1.29, 1.82) is 0 Å². The first-order chi connectivity index (χ1) is 13.7. The van der Waals surface area contributed by atoms with E-state index < -0.39 is 11.9 Å². The summed E-state index contributed by atoms with van der Waals surface area (Å²) in [6, 6.07) is 8.74. The molecule has 0 spiro atoms. The van der Waals surface area contributed by atoms with Gasteiger partial charge in [-0.25, -0.2) is 4.79 Å². The summed E-state index contributed by atoms with van der Waals surface area (Å²) in [7, 11) is 1.35. The molecule has 29 heavy (non-hydrogen) atoms. The van der Waals surface area contributed by atoms with Crippen LogP contribution in [0.3, 0.4) is 0 Å². The van der Waals surface area contributed by atoms with Gasteiger partial charge in [0.05, 0.1) is 22.7 Å². The van der Waals surface area contributed by atoms with Gasteiger partial charge in [0.25, 0.3) is 5.91 Å². The molecule has 0 unspecified atom stereocenters. The molecule has 0 aliphatic heterocycles. The van der Waals surface area contributed by atoms with Gasteiger partial charge in [-0.05, 0) is 18.6 Å². The molecule has 3 aromatic rings. The van der Waals surface area contributed by atoms with Crippen LogP contribution in [0.2, 0.25) is 15.1 Å². The Balaban J connectivity index is 2.01. The second-order valence-corrected chi connectivity index (χ2v) is 8.09. The molecule has 2 N–H and O–H groups in total. The molecule has 5 nitrogen and oxygen atoms in total. The number of halogens is 3. The quantitative estimate of drug-likeness (QED) is 0.410. The molecule has 1 aromatic heterocycles. The number of nitrogens with one attached hydrogen (secondary N) is 1. The third-order valence-electron chi connectivity index (χ3n) is 4.16. The van der Waals surface area contributed by atoms with Crippen molar-refractivity contribution in [3.05, 3.63) is 67.5 Å². The lowest BCUT2D eigenvalue weighted by Gasteiger charge is -2.12. The summed E-state index contributed by atoms with van der Waals surface area (Å²) in [5.41, 5.74) is 2.31. The molecule has 0 aliphatic rings. The summed E-state index contributed by atoms with van der Waals surface area (Å²) in [5.74, 6) is -1.72. The molecule has 2 aromatic carbocycles. The Morgan fingerprint density at radius 2 is 1.76 bits per heavy atom. The number of carboxylic acids is 1. The number of thiophene rings is 1. The van der Waals surface area contributed by atoms with E-state index in [-0.39, 0.29) is 36.9 Å². The van der Waals surface area contributed by atoms with E-state index in [0.29, 0.717) is 5.56 Å². The summed E-state index contributed by atoms with van der Waals surface area (Å²) in [6.45, 7) is 1.94. The highest BCUT2D eigenvalue weighted by Crippen LogP contribution is 2.41. The zero-order valence-electron chi connectivity index (χ0n) is 15.2. The van der Waals surface area contributed by atoms with Crippen LogP contribution in [-0.2, 0) is 0 Å². The molecular formula is C20H14Cl3NO4S. The lowest BCUT2D eigenvalue weighted by atomic mass is 10.0. The summed E-state index contributed by atoms with van der Waals surface area (Å²) < 4.78 is 5.11. The monoisotopic (exact) mass is 469 g/mol. The molecule has 0 atom stereocenters. The number of aryl methyl sites for hydroxylation is 1. The predicted molar refractivity (Wildman–Crippen MR) is 117 cm³/mol. The topological polar surface area (TPSA) is 75.6 Å². The smallest absolute Gasteiger partial charge is 0.339 e. The third-order valence-corrected chi connectivity index (χ3v) is 6.20. The van der Waals surface area contributed by atoms with Crippen molar-refractivity contribution in [2.45, 2.75) is 6.92 Å². The highest BCUT2D eigenvalue weighted by Gasteiger charge is 2.24. The number of amides is 1. The van der Waals surface area contributed by atoms with Crippen LogP contribution in [0.4, 0.5) is 5.00 Å². The van der Waals surface area contributed by atoms with Gasteiger partial charge < -0.3 is 15.2 Å². The minimum atomic E-state index is -1.16. The first kappa shape index (κ1) is 21.5. The molecule has 0 saturated carbocycles. The van der Waals surface area contributed by atoms with Gasteiger partial charge in [-0.3, -0.25) is 4.79 Å². The molecule has 0 saturated heterocycles. The molecule has 0 radical (unpaired) electrons. The number of aromatic carboxylic acids is 1. The van der Waals surface area contributed by atoms with Crippen molar-refractivity contribution in [1.82, 2.24) is 0 Å². The molecule has 150 valence electrons. The van der Waals surface area contributed by atoms with Crippen LogP contribution in [-0.4, -0.2) is 24.1 Å². The van der Waals surface area contributed by atoms with E-state index in [4.69, 9.17) is 39.5 Å². The molecular weight excluding hydrogens is 457 g/mol. The van der Waals surface area contributed by atoms with E-state index in [1.807, 2.05) is 31.2 Å². The average Bonchev–Trinajstić information content (AvgIpc) is 3.09. The van der Waals surface area contributed by atoms with Gasteiger partial charge in [0, 0.05) is 10.9 Å². The Morgan fingerprint density at radius 3 is 2.34 bits per heavy atom. The van der Waals surface area contributed by atoms with E-state index in [9.17, 15) is 14.7 Å². The summed E-state index contributed by atoms with van der Waals surface area (Å²) in [5, 5.41) is 14.3. The first-order valence-electron chi connectivity index (χ1n) is 8.19. The Kier molecular flexibility index (Phi) is 6.39. The molecule has 0 aliphatic carbocycles. The van der Waals surface area contributed by atoms with E-state index in [1.54, 1.807) is 5.38 Å². The number of carbonyl (C=O) groups is 2. The van der Waals surface area contributed by atoms with E-state index in [2.05, 4.69) is 5.32 Å². The second kappa shape index (κ2) is 8.63. The van der Waals surface area contributed by atoms with Crippen molar-refractivity contribution in [3.8, 4) is 16.9 Å². The molecule has 0 fully saturated rings. The van der Waals surface area contributed by atoms with Crippen LogP contribution in [0.1, 0.15) is 26.3 Å². The zero-order chi connectivity index (χ0) is 21.3. The number of anilines is 1. The standard InChI is InChI=1S/C20H14Cl3NO4S/c1-9-3-5-10(6-4-9)12-8-29-19(14(12)20(26)27)24-18(25)11-7-13(21)16(23)17(28-2)15(11)22/h3-8H,1-2H3,(H,24,25)(H,26,27). The summed E-state index contributed by atoms with van der Waals surface area (Å²) in [6.07, 6.45) is 0. The van der Waals surface area contributed by atoms with Gasteiger partial charge in [-0.2, -0.15) is 0 Å². The minimum Gasteiger partial charge on any atom is -0.494 e. The predicted octanol–water partition coefficient (Wildman–Crippen LogP) is 6.64. The first-order valence-corrected chi connectivity index (χ1v) is 10.2. The Hall–Kier alpha value is -2.25. The number of hydrogen-bond donors (Lipinski definition) is 2. The minimum absolute atomic E-state index is 0.00430. The number of benzene rings is 2. The van der Waals surface area contributed by atoms with Crippen LogP contribution in [0.15, 0.2) is 35.7 Å². The van der Waals surface area contributed by atoms with Crippen molar-refractivity contribution in [3.63, 3.8) is 0 Å². The normalized spacial score (nSPS) is 10.7. The molecule has 3 rings (SSSR count). The van der Waals surface area contributed by atoms with Crippen LogP contribution in [0, 0.1) is 6.92 Å². The highest BCUT2D eigenvalue weighted by atomic mass is 35.5.